The Balaban J connectivity index is 1.37. The summed E-state index contributed by atoms with van der Waals surface area (Å²) in [6, 6.07) is 14.4. The Kier molecular flexibility index (Phi) is 5.11. The van der Waals surface area contributed by atoms with Crippen LogP contribution in [0.4, 0.5) is 0 Å². The Hall–Kier alpha value is -2.47. The lowest BCUT2D eigenvalue weighted by Gasteiger charge is -2.15. The lowest BCUT2D eigenvalue weighted by atomic mass is 10.1. The van der Waals surface area contributed by atoms with Crippen molar-refractivity contribution in [2.45, 2.75) is 44.7 Å². The Morgan fingerprint density at radius 1 is 1.12 bits per heavy atom. The molecule has 1 N–H and O–H groups in total. The van der Waals surface area contributed by atoms with Gasteiger partial charge in [-0.1, -0.05) is 36.4 Å². The molecule has 0 fully saturated rings. The van der Waals surface area contributed by atoms with Crippen LogP contribution in [0.25, 0.3) is 0 Å². The number of thiophene rings is 1. The molecule has 6 heteroatoms. The Bertz CT molecular complexity index is 857. The molecule has 0 bridgehead atoms. The number of aryl methyl sites for hydroxylation is 3. The number of rotatable bonds is 5. The fourth-order valence-electron chi connectivity index (χ4n) is 3.44. The minimum Gasteiger partial charge on any atom is -0.349 e. The number of carbonyl (C=O) groups excluding carboxylic acids is 1. The zero-order chi connectivity index (χ0) is 17.8. The van der Waals surface area contributed by atoms with Crippen molar-refractivity contribution in [1.29, 1.82) is 0 Å². The van der Waals surface area contributed by atoms with Crippen LogP contribution >= 0.6 is 11.3 Å². The maximum Gasteiger partial charge on any atom is 0.261 e. The third-order valence-electron chi connectivity index (χ3n) is 4.88. The topological polar surface area (TPSA) is 59.8 Å². The predicted molar refractivity (Wildman–Crippen MR) is 102 cm³/mol. The maximum atomic E-state index is 12.3. The van der Waals surface area contributed by atoms with E-state index in [1.165, 1.54) is 16.9 Å². The molecule has 0 spiro atoms. The molecular formula is C20H22N4OS. The van der Waals surface area contributed by atoms with Crippen molar-refractivity contribution in [3.8, 4) is 0 Å². The summed E-state index contributed by atoms with van der Waals surface area (Å²) < 4.78 is 2.25. The van der Waals surface area contributed by atoms with Crippen molar-refractivity contribution >= 4 is 17.2 Å². The average Bonchev–Trinajstić information content (AvgIpc) is 3.29. The molecule has 0 radical (unpaired) electrons. The van der Waals surface area contributed by atoms with Crippen LogP contribution in [0.2, 0.25) is 0 Å². The highest BCUT2D eigenvalue weighted by Crippen LogP contribution is 2.18. The highest BCUT2D eigenvalue weighted by atomic mass is 32.1. The summed E-state index contributed by atoms with van der Waals surface area (Å²) in [7, 11) is 0. The van der Waals surface area contributed by atoms with E-state index in [1.807, 2.05) is 23.6 Å². The molecule has 1 aliphatic heterocycles. The van der Waals surface area contributed by atoms with Gasteiger partial charge in [-0.25, -0.2) is 0 Å². The summed E-state index contributed by atoms with van der Waals surface area (Å²) in [6.45, 7) is 0.863. The first-order chi connectivity index (χ1) is 12.8. The molecule has 134 valence electrons. The molecule has 3 aromatic rings. The summed E-state index contributed by atoms with van der Waals surface area (Å²) in [5.74, 6) is 2.13. The van der Waals surface area contributed by atoms with Crippen LogP contribution in [-0.4, -0.2) is 26.7 Å². The number of aromatic nitrogens is 3. The fraction of sp³-hybridized carbons (Fsp3) is 0.350. The van der Waals surface area contributed by atoms with Gasteiger partial charge in [0.05, 0.1) is 4.88 Å². The monoisotopic (exact) mass is 366 g/mol. The lowest BCUT2D eigenvalue weighted by Crippen LogP contribution is -2.34. The number of hydrogen-bond acceptors (Lipinski definition) is 4. The van der Waals surface area contributed by atoms with Gasteiger partial charge in [-0.3, -0.25) is 4.79 Å². The van der Waals surface area contributed by atoms with Crippen molar-refractivity contribution in [3.63, 3.8) is 0 Å². The number of benzene rings is 1. The second-order valence-corrected chi connectivity index (χ2v) is 7.59. The molecular weight excluding hydrogens is 344 g/mol. The van der Waals surface area contributed by atoms with Crippen molar-refractivity contribution in [3.05, 3.63) is 69.9 Å². The molecule has 3 heterocycles. The molecule has 1 aliphatic rings. The van der Waals surface area contributed by atoms with E-state index in [2.05, 4.69) is 44.3 Å². The second kappa shape index (κ2) is 7.83. The van der Waals surface area contributed by atoms with Crippen LogP contribution in [-0.2, 0) is 25.8 Å². The van der Waals surface area contributed by atoms with Gasteiger partial charge >= 0.3 is 0 Å². The summed E-state index contributed by atoms with van der Waals surface area (Å²) in [4.78, 5) is 13.1. The number of amides is 1. The third-order valence-corrected chi connectivity index (χ3v) is 5.75. The molecule has 5 nitrogen and oxygen atoms in total. The lowest BCUT2D eigenvalue weighted by molar-refractivity contribution is 0.0937. The summed E-state index contributed by atoms with van der Waals surface area (Å²) in [5.41, 5.74) is 1.32. The third kappa shape index (κ3) is 3.85. The molecule has 26 heavy (non-hydrogen) atoms. The minimum absolute atomic E-state index is 0.0342. The zero-order valence-corrected chi connectivity index (χ0v) is 15.4. The summed E-state index contributed by atoms with van der Waals surface area (Å²) >= 11 is 1.48. The standard InChI is InChI=1S/C20H22N4OS/c25-20(17-7-4-14-26-17)21-16-9-11-19-23-22-18(24(19)13-12-16)10-8-15-5-2-1-3-6-15/h1-7,14,16H,8-13H2,(H,21,25). The molecule has 1 atom stereocenters. The average molecular weight is 366 g/mol. The highest BCUT2D eigenvalue weighted by Gasteiger charge is 2.22. The van der Waals surface area contributed by atoms with Gasteiger partial charge in [-0.2, -0.15) is 0 Å². The van der Waals surface area contributed by atoms with Gasteiger partial charge in [0, 0.05) is 25.4 Å². The number of hydrogen-bond donors (Lipinski definition) is 1. The summed E-state index contributed by atoms with van der Waals surface area (Å²) in [5, 5.41) is 13.9. The molecule has 1 unspecified atom stereocenters. The normalized spacial score (nSPS) is 16.7. The largest absolute Gasteiger partial charge is 0.349 e. The van der Waals surface area contributed by atoms with Gasteiger partial charge in [0.2, 0.25) is 0 Å². The van der Waals surface area contributed by atoms with E-state index in [0.29, 0.717) is 0 Å². The van der Waals surface area contributed by atoms with Gasteiger partial charge in [0.15, 0.2) is 0 Å². The van der Waals surface area contributed by atoms with Gasteiger partial charge in [0.25, 0.3) is 5.91 Å². The Morgan fingerprint density at radius 3 is 2.81 bits per heavy atom. The van der Waals surface area contributed by atoms with E-state index in [-0.39, 0.29) is 11.9 Å². The number of fused-ring (bicyclic) bond motifs is 1. The van der Waals surface area contributed by atoms with Crippen LogP contribution < -0.4 is 5.32 Å². The van der Waals surface area contributed by atoms with Crippen molar-refractivity contribution in [2.75, 3.05) is 0 Å². The number of nitrogens with zero attached hydrogens (tertiary/aromatic N) is 3. The maximum absolute atomic E-state index is 12.3. The van der Waals surface area contributed by atoms with Gasteiger partial charge in [-0.05, 0) is 36.3 Å². The summed E-state index contributed by atoms with van der Waals surface area (Å²) in [6.07, 6.45) is 4.54. The van der Waals surface area contributed by atoms with E-state index in [9.17, 15) is 4.79 Å². The molecule has 4 rings (SSSR count). The molecule has 1 aromatic carbocycles. The van der Waals surface area contributed by atoms with Gasteiger partial charge < -0.3 is 9.88 Å². The Morgan fingerprint density at radius 2 is 2.00 bits per heavy atom. The van der Waals surface area contributed by atoms with E-state index in [4.69, 9.17) is 0 Å². The second-order valence-electron chi connectivity index (χ2n) is 6.64. The van der Waals surface area contributed by atoms with Crippen molar-refractivity contribution in [1.82, 2.24) is 20.1 Å². The molecule has 2 aromatic heterocycles. The first-order valence-electron chi connectivity index (χ1n) is 9.09. The first-order valence-corrected chi connectivity index (χ1v) is 9.97. The van der Waals surface area contributed by atoms with Crippen LogP contribution in [0.5, 0.6) is 0 Å². The van der Waals surface area contributed by atoms with Crippen LogP contribution in [0, 0.1) is 0 Å². The number of carbonyl (C=O) groups is 1. The Labute approximate surface area is 157 Å². The van der Waals surface area contributed by atoms with Gasteiger partial charge in [-0.15, -0.1) is 21.5 Å². The smallest absolute Gasteiger partial charge is 0.261 e. The SMILES string of the molecule is O=C(NC1CCc2nnc(CCc3ccccc3)n2CC1)c1cccs1. The quantitative estimate of drug-likeness (QED) is 0.754. The minimum atomic E-state index is 0.0342. The van der Waals surface area contributed by atoms with Crippen molar-refractivity contribution < 1.29 is 4.79 Å². The first kappa shape index (κ1) is 17.0. The molecule has 1 amide bonds. The van der Waals surface area contributed by atoms with Crippen LogP contribution in [0.15, 0.2) is 47.8 Å². The van der Waals surface area contributed by atoms with Crippen LogP contribution in [0.1, 0.15) is 39.7 Å². The van der Waals surface area contributed by atoms with Crippen molar-refractivity contribution in [2.24, 2.45) is 0 Å². The zero-order valence-electron chi connectivity index (χ0n) is 14.6. The van der Waals surface area contributed by atoms with E-state index in [0.717, 1.165) is 55.2 Å². The van der Waals surface area contributed by atoms with E-state index in [1.54, 1.807) is 0 Å². The molecule has 0 saturated carbocycles. The molecule has 0 saturated heterocycles. The predicted octanol–water partition coefficient (Wildman–Crippen LogP) is 3.26. The van der Waals surface area contributed by atoms with E-state index < -0.39 is 0 Å². The molecule has 0 aliphatic carbocycles. The van der Waals surface area contributed by atoms with Gasteiger partial charge in [0.1, 0.15) is 11.6 Å². The number of nitrogens with one attached hydrogen (secondary N) is 1. The highest BCUT2D eigenvalue weighted by molar-refractivity contribution is 7.12. The van der Waals surface area contributed by atoms with Crippen LogP contribution in [0.3, 0.4) is 0 Å². The van der Waals surface area contributed by atoms with E-state index >= 15 is 0 Å². The fourth-order valence-corrected chi connectivity index (χ4v) is 4.07.